The fourth-order valence-corrected chi connectivity index (χ4v) is 2.81. The van der Waals surface area contributed by atoms with E-state index in [1.54, 1.807) is 0 Å². The fourth-order valence-electron chi connectivity index (χ4n) is 1.66. The van der Waals surface area contributed by atoms with Crippen LogP contribution in [0.4, 0.5) is 27.6 Å². The van der Waals surface area contributed by atoms with Crippen LogP contribution < -0.4 is 4.90 Å². The summed E-state index contributed by atoms with van der Waals surface area (Å²) >= 11 is 5.40. The summed E-state index contributed by atoms with van der Waals surface area (Å²) in [6, 6.07) is 4.30. The van der Waals surface area contributed by atoms with Gasteiger partial charge < -0.3 is 4.90 Å². The molecule has 0 saturated carbocycles. The molecule has 0 radical (unpaired) electrons. The topological polar surface area (TPSA) is 37.4 Å². The lowest BCUT2D eigenvalue weighted by Crippen LogP contribution is -2.36. The van der Waals surface area contributed by atoms with E-state index in [0.717, 1.165) is 18.2 Å². The van der Waals surface area contributed by atoms with Crippen LogP contribution in [0.1, 0.15) is 0 Å². The highest BCUT2D eigenvalue weighted by molar-refractivity contribution is 7.91. The Kier molecular flexibility index (Phi) is 5.80. The van der Waals surface area contributed by atoms with Crippen molar-refractivity contribution in [2.75, 3.05) is 23.9 Å². The highest BCUT2D eigenvalue weighted by Gasteiger charge is 2.35. The summed E-state index contributed by atoms with van der Waals surface area (Å²) in [6.07, 6.45) is -4.63. The van der Waals surface area contributed by atoms with Gasteiger partial charge in [-0.3, -0.25) is 0 Å². The summed E-state index contributed by atoms with van der Waals surface area (Å²) < 4.78 is 85.9. The van der Waals surface area contributed by atoms with E-state index in [1.165, 1.54) is 6.07 Å². The molecule has 0 unspecified atom stereocenters. The molecule has 0 aliphatic rings. The van der Waals surface area contributed by atoms with Crippen LogP contribution in [0.3, 0.4) is 0 Å². The van der Waals surface area contributed by atoms with Crippen LogP contribution in [0.5, 0.6) is 0 Å². The molecule has 0 aliphatic heterocycles. The molecule has 0 fully saturated rings. The van der Waals surface area contributed by atoms with Gasteiger partial charge in [0.2, 0.25) is 9.84 Å². The van der Waals surface area contributed by atoms with E-state index in [-0.39, 0.29) is 12.4 Å². The Hall–Kier alpha value is -1.09. The number of hydrogen-bond donors (Lipinski definition) is 0. The smallest absolute Gasteiger partial charge is 0.360 e. The van der Waals surface area contributed by atoms with E-state index in [9.17, 15) is 30.4 Å². The normalized spacial score (nSPS) is 12.7. The molecule has 0 spiro atoms. The van der Waals surface area contributed by atoms with Crippen LogP contribution in [-0.2, 0) is 9.84 Å². The van der Waals surface area contributed by atoms with Crippen LogP contribution in [0.15, 0.2) is 29.2 Å². The number of anilines is 1. The number of hydrogen-bond acceptors (Lipinski definition) is 3. The number of halogens is 6. The molecule has 3 nitrogen and oxygen atoms in total. The minimum Gasteiger partial charge on any atom is -0.360 e. The lowest BCUT2D eigenvalue weighted by molar-refractivity contribution is -0.119. The van der Waals surface area contributed by atoms with Gasteiger partial charge in [0.15, 0.2) is 0 Å². The molecule has 0 atom stereocenters. The van der Waals surface area contributed by atoms with Gasteiger partial charge in [-0.05, 0) is 12.1 Å². The van der Waals surface area contributed by atoms with Gasteiger partial charge in [-0.25, -0.2) is 8.42 Å². The van der Waals surface area contributed by atoms with E-state index in [4.69, 9.17) is 11.6 Å². The Labute approximate surface area is 123 Å². The van der Waals surface area contributed by atoms with Crippen molar-refractivity contribution in [1.82, 2.24) is 0 Å². The minimum absolute atomic E-state index is 0.223. The van der Waals surface area contributed by atoms with Gasteiger partial charge in [-0.2, -0.15) is 22.0 Å². The third-order valence-electron chi connectivity index (χ3n) is 2.47. The molecule has 1 aromatic rings. The Morgan fingerprint density at radius 2 is 1.76 bits per heavy atom. The van der Waals surface area contributed by atoms with Crippen molar-refractivity contribution >= 4 is 27.1 Å². The monoisotopic (exact) mass is 351 g/mol. The second kappa shape index (κ2) is 6.78. The third kappa shape index (κ3) is 4.70. The minimum atomic E-state index is -5.01. The molecule has 1 aromatic carbocycles. The molecular weight excluding hydrogens is 341 g/mol. The zero-order valence-corrected chi connectivity index (χ0v) is 12.0. The van der Waals surface area contributed by atoms with Gasteiger partial charge in [0.1, 0.15) is 6.54 Å². The summed E-state index contributed by atoms with van der Waals surface area (Å²) in [6.45, 7) is -1.83. The molecular formula is C11H11ClF5NO2S. The number of rotatable bonds is 6. The van der Waals surface area contributed by atoms with Crippen molar-refractivity contribution in [2.45, 2.75) is 16.8 Å². The number of sulfone groups is 1. The zero-order valence-electron chi connectivity index (χ0n) is 10.4. The average Bonchev–Trinajstić information content (AvgIpc) is 2.36. The largest absolute Gasteiger partial charge is 0.405 e. The van der Waals surface area contributed by atoms with Crippen molar-refractivity contribution in [3.63, 3.8) is 0 Å². The molecule has 0 bridgehead atoms. The first kappa shape index (κ1) is 18.0. The third-order valence-corrected chi connectivity index (χ3v) is 4.07. The number of nitrogens with zero attached hydrogens (tertiary/aromatic N) is 1. The standard InChI is InChI=1S/C11H11ClF5NO2S/c12-5-6-18(7-11(15,16)17)8-3-1-2-4-9(8)21(19,20)10(13)14/h1-4,10H,5-7H2. The second-order valence-corrected chi connectivity index (χ2v) is 6.26. The van der Waals surface area contributed by atoms with E-state index < -0.39 is 38.9 Å². The predicted octanol–water partition coefficient (Wildman–Crippen LogP) is 3.29. The van der Waals surface area contributed by atoms with Crippen LogP contribution in [0.25, 0.3) is 0 Å². The molecule has 21 heavy (non-hydrogen) atoms. The maximum absolute atomic E-state index is 12.6. The summed E-state index contributed by atoms with van der Waals surface area (Å²) in [7, 11) is -5.01. The van der Waals surface area contributed by atoms with Crippen LogP contribution in [0.2, 0.25) is 0 Å². The van der Waals surface area contributed by atoms with Crippen molar-refractivity contribution in [1.29, 1.82) is 0 Å². The summed E-state index contributed by atoms with van der Waals surface area (Å²) in [5.41, 5.74) is -0.448. The first-order chi connectivity index (χ1) is 9.59. The molecule has 0 aromatic heterocycles. The van der Waals surface area contributed by atoms with Gasteiger partial charge in [-0.15, -0.1) is 11.6 Å². The quantitative estimate of drug-likeness (QED) is 0.583. The Balaban J connectivity index is 3.33. The maximum atomic E-state index is 12.6. The first-order valence-electron chi connectivity index (χ1n) is 5.58. The molecule has 10 heteroatoms. The lowest BCUT2D eigenvalue weighted by Gasteiger charge is -2.27. The van der Waals surface area contributed by atoms with Crippen molar-refractivity contribution in [2.24, 2.45) is 0 Å². The Morgan fingerprint density at radius 1 is 1.19 bits per heavy atom. The van der Waals surface area contributed by atoms with E-state index >= 15 is 0 Å². The van der Waals surface area contributed by atoms with Crippen LogP contribution in [0, 0.1) is 0 Å². The van der Waals surface area contributed by atoms with E-state index in [2.05, 4.69) is 0 Å². The van der Waals surface area contributed by atoms with Gasteiger partial charge >= 0.3 is 11.9 Å². The number of para-hydroxylation sites is 1. The maximum Gasteiger partial charge on any atom is 0.405 e. The first-order valence-corrected chi connectivity index (χ1v) is 7.66. The van der Waals surface area contributed by atoms with Crippen molar-refractivity contribution in [3.05, 3.63) is 24.3 Å². The molecule has 1 rings (SSSR count). The molecule has 0 saturated heterocycles. The predicted molar refractivity (Wildman–Crippen MR) is 68.6 cm³/mol. The summed E-state index contributed by atoms with van der Waals surface area (Å²) in [5.74, 6) is -3.94. The Bertz CT molecular complexity index is 576. The van der Waals surface area contributed by atoms with E-state index in [0.29, 0.717) is 4.90 Å². The van der Waals surface area contributed by atoms with Crippen molar-refractivity contribution in [3.8, 4) is 0 Å². The van der Waals surface area contributed by atoms with Crippen LogP contribution in [-0.4, -0.2) is 39.3 Å². The number of benzene rings is 1. The van der Waals surface area contributed by atoms with Gasteiger partial charge in [0.25, 0.3) is 0 Å². The highest BCUT2D eigenvalue weighted by Crippen LogP contribution is 2.31. The molecule has 0 amide bonds. The molecule has 120 valence electrons. The van der Waals surface area contributed by atoms with Crippen LogP contribution >= 0.6 is 11.6 Å². The van der Waals surface area contributed by atoms with Crippen molar-refractivity contribution < 1.29 is 30.4 Å². The summed E-state index contributed by atoms with van der Waals surface area (Å²) in [4.78, 5) is -0.239. The highest BCUT2D eigenvalue weighted by atomic mass is 35.5. The average molecular weight is 352 g/mol. The van der Waals surface area contributed by atoms with Gasteiger partial charge in [0, 0.05) is 12.4 Å². The van der Waals surface area contributed by atoms with Gasteiger partial charge in [-0.1, -0.05) is 12.1 Å². The Morgan fingerprint density at radius 3 is 2.24 bits per heavy atom. The van der Waals surface area contributed by atoms with Gasteiger partial charge in [0.05, 0.1) is 10.6 Å². The molecule has 0 aliphatic carbocycles. The second-order valence-electron chi connectivity index (χ2n) is 4.00. The summed E-state index contributed by atoms with van der Waals surface area (Å²) in [5, 5.41) is 0. The lowest BCUT2D eigenvalue weighted by atomic mass is 10.3. The SMILES string of the molecule is O=S(=O)(c1ccccc1N(CCCl)CC(F)(F)F)C(F)F. The molecule has 0 heterocycles. The zero-order chi connectivity index (χ0) is 16.3. The molecule has 0 N–H and O–H groups in total. The number of alkyl halides is 6. The van der Waals surface area contributed by atoms with E-state index in [1.807, 2.05) is 0 Å². The fraction of sp³-hybridized carbons (Fsp3) is 0.455.